The number of β-amino-alcohol motifs (C(OH)–C–C–N with tert-alkyl or cyclic N) is 1. The second-order valence-corrected chi connectivity index (χ2v) is 8.05. The van der Waals surface area contributed by atoms with Gasteiger partial charge in [0, 0.05) is 19.6 Å². The molecule has 1 unspecified atom stereocenters. The van der Waals surface area contributed by atoms with Gasteiger partial charge in [0.05, 0.1) is 19.3 Å². The molecule has 0 spiro atoms. The van der Waals surface area contributed by atoms with E-state index in [1.807, 2.05) is 0 Å². The number of nitrogens with zero attached hydrogens (tertiary/aromatic N) is 1. The van der Waals surface area contributed by atoms with Gasteiger partial charge >= 0.3 is 0 Å². The van der Waals surface area contributed by atoms with Crippen molar-refractivity contribution >= 4 is 0 Å². The van der Waals surface area contributed by atoms with Crippen LogP contribution >= 0.6 is 0 Å². The Balaban J connectivity index is 1.37. The van der Waals surface area contributed by atoms with E-state index in [1.165, 1.54) is 47.9 Å². The molecule has 1 atom stereocenters. The molecule has 3 nitrogen and oxygen atoms in total. The van der Waals surface area contributed by atoms with Crippen molar-refractivity contribution in [2.75, 3.05) is 19.7 Å². The van der Waals surface area contributed by atoms with Crippen molar-refractivity contribution in [1.29, 1.82) is 0 Å². The highest BCUT2D eigenvalue weighted by Gasteiger charge is 2.18. The number of hydrogen-bond acceptors (Lipinski definition) is 3. The van der Waals surface area contributed by atoms with Gasteiger partial charge in [-0.3, -0.25) is 4.90 Å². The molecule has 1 aliphatic heterocycles. The number of rotatable bonds is 11. The SMILES string of the molecule is CCCCCCc1cccc(COCC(O)CN2CCc3ccccc3C2)c1. The Morgan fingerprint density at radius 1 is 1.00 bits per heavy atom. The van der Waals surface area contributed by atoms with Crippen LogP contribution in [-0.2, 0) is 30.7 Å². The lowest BCUT2D eigenvalue weighted by Gasteiger charge is -2.30. The summed E-state index contributed by atoms with van der Waals surface area (Å²) in [6.07, 6.45) is 6.94. The van der Waals surface area contributed by atoms with E-state index >= 15 is 0 Å². The van der Waals surface area contributed by atoms with Gasteiger partial charge in [0.2, 0.25) is 0 Å². The maximum absolute atomic E-state index is 10.4. The Hall–Kier alpha value is -1.68. The smallest absolute Gasteiger partial charge is 0.0900 e. The van der Waals surface area contributed by atoms with E-state index in [1.54, 1.807) is 0 Å². The second-order valence-electron chi connectivity index (χ2n) is 8.05. The minimum Gasteiger partial charge on any atom is -0.389 e. The van der Waals surface area contributed by atoms with E-state index < -0.39 is 6.10 Å². The molecule has 3 heteroatoms. The molecular weight excluding hydrogens is 346 g/mol. The number of unbranched alkanes of at least 4 members (excludes halogenated alkanes) is 3. The molecule has 0 bridgehead atoms. The van der Waals surface area contributed by atoms with Gasteiger partial charge in [0.1, 0.15) is 0 Å². The molecule has 0 radical (unpaired) electrons. The number of aliphatic hydroxyl groups excluding tert-OH is 1. The normalized spacial score (nSPS) is 15.4. The first-order chi connectivity index (χ1) is 13.7. The number of aryl methyl sites for hydroxylation is 1. The molecule has 0 fully saturated rings. The highest BCUT2D eigenvalue weighted by atomic mass is 16.5. The molecule has 0 amide bonds. The summed E-state index contributed by atoms with van der Waals surface area (Å²) in [5.41, 5.74) is 5.42. The first kappa shape index (κ1) is 21.0. The van der Waals surface area contributed by atoms with Crippen molar-refractivity contribution in [3.05, 3.63) is 70.8 Å². The Labute approximate surface area is 170 Å². The molecule has 2 aromatic rings. The Morgan fingerprint density at radius 3 is 2.68 bits per heavy atom. The van der Waals surface area contributed by atoms with Crippen LogP contribution in [0, 0.1) is 0 Å². The maximum Gasteiger partial charge on any atom is 0.0900 e. The largest absolute Gasteiger partial charge is 0.389 e. The monoisotopic (exact) mass is 381 g/mol. The summed E-state index contributed by atoms with van der Waals surface area (Å²) in [6.45, 7) is 5.81. The summed E-state index contributed by atoms with van der Waals surface area (Å²) in [6, 6.07) is 17.3. The molecule has 0 aliphatic carbocycles. The quantitative estimate of drug-likeness (QED) is 0.571. The van der Waals surface area contributed by atoms with E-state index in [-0.39, 0.29) is 0 Å². The Morgan fingerprint density at radius 2 is 1.82 bits per heavy atom. The molecule has 152 valence electrons. The Bertz CT molecular complexity index is 715. The zero-order valence-electron chi connectivity index (χ0n) is 17.3. The summed E-state index contributed by atoms with van der Waals surface area (Å²) in [7, 11) is 0. The van der Waals surface area contributed by atoms with Crippen LogP contribution in [0.3, 0.4) is 0 Å². The minimum absolute atomic E-state index is 0.388. The predicted molar refractivity (Wildman–Crippen MR) is 115 cm³/mol. The fourth-order valence-corrected chi connectivity index (χ4v) is 4.00. The van der Waals surface area contributed by atoms with Crippen LogP contribution in [0.25, 0.3) is 0 Å². The molecule has 0 saturated heterocycles. The van der Waals surface area contributed by atoms with Crippen molar-refractivity contribution in [2.45, 2.75) is 64.7 Å². The van der Waals surface area contributed by atoms with Crippen LogP contribution in [0.5, 0.6) is 0 Å². The summed E-state index contributed by atoms with van der Waals surface area (Å²) >= 11 is 0. The van der Waals surface area contributed by atoms with E-state index in [0.29, 0.717) is 19.8 Å². The molecule has 1 aliphatic rings. The third-order valence-electron chi connectivity index (χ3n) is 5.57. The predicted octanol–water partition coefficient (Wildman–Crippen LogP) is 4.75. The first-order valence-corrected chi connectivity index (χ1v) is 10.9. The summed E-state index contributed by atoms with van der Waals surface area (Å²) in [5.74, 6) is 0. The zero-order valence-corrected chi connectivity index (χ0v) is 17.3. The van der Waals surface area contributed by atoms with E-state index in [2.05, 4.69) is 60.4 Å². The van der Waals surface area contributed by atoms with Crippen molar-refractivity contribution < 1.29 is 9.84 Å². The Kier molecular flexibility index (Phi) is 8.53. The summed E-state index contributed by atoms with van der Waals surface area (Å²) in [5, 5.41) is 10.4. The van der Waals surface area contributed by atoms with Crippen LogP contribution in [0.4, 0.5) is 0 Å². The van der Waals surface area contributed by atoms with Crippen LogP contribution < -0.4 is 0 Å². The van der Waals surface area contributed by atoms with E-state index in [0.717, 1.165) is 25.9 Å². The van der Waals surface area contributed by atoms with Gasteiger partial charge in [-0.05, 0) is 41.5 Å². The van der Waals surface area contributed by atoms with Gasteiger partial charge in [-0.15, -0.1) is 0 Å². The van der Waals surface area contributed by atoms with Crippen molar-refractivity contribution in [2.24, 2.45) is 0 Å². The lowest BCUT2D eigenvalue weighted by atomic mass is 10.00. The van der Waals surface area contributed by atoms with Crippen molar-refractivity contribution in [3.8, 4) is 0 Å². The summed E-state index contributed by atoms with van der Waals surface area (Å²) in [4.78, 5) is 2.33. The molecule has 1 heterocycles. The number of ether oxygens (including phenoxy) is 1. The maximum atomic E-state index is 10.4. The molecule has 0 saturated carbocycles. The van der Waals surface area contributed by atoms with Gasteiger partial charge in [0.15, 0.2) is 0 Å². The molecule has 2 aromatic carbocycles. The average Bonchev–Trinajstić information content (AvgIpc) is 2.71. The van der Waals surface area contributed by atoms with Gasteiger partial charge in [-0.25, -0.2) is 0 Å². The van der Waals surface area contributed by atoms with E-state index in [4.69, 9.17) is 4.74 Å². The standard InChI is InChI=1S/C25H35NO2/c1-2-3-4-5-9-21-10-8-11-22(16-21)19-28-20-25(27)18-26-15-14-23-12-6-7-13-24(23)17-26/h6-8,10-13,16,25,27H,2-5,9,14-15,17-20H2,1H3. The number of benzene rings is 2. The van der Waals surface area contributed by atoms with Gasteiger partial charge in [0.25, 0.3) is 0 Å². The third kappa shape index (κ3) is 6.73. The second kappa shape index (κ2) is 11.4. The lowest BCUT2D eigenvalue weighted by molar-refractivity contribution is 0.00773. The van der Waals surface area contributed by atoms with Crippen molar-refractivity contribution in [1.82, 2.24) is 4.90 Å². The zero-order chi connectivity index (χ0) is 19.6. The fourth-order valence-electron chi connectivity index (χ4n) is 4.00. The first-order valence-electron chi connectivity index (χ1n) is 10.9. The molecular formula is C25H35NO2. The summed E-state index contributed by atoms with van der Waals surface area (Å²) < 4.78 is 5.81. The van der Waals surface area contributed by atoms with Crippen LogP contribution in [0.1, 0.15) is 54.9 Å². The van der Waals surface area contributed by atoms with Crippen LogP contribution in [0.15, 0.2) is 48.5 Å². The lowest BCUT2D eigenvalue weighted by Crippen LogP contribution is -2.38. The minimum atomic E-state index is -0.442. The number of fused-ring (bicyclic) bond motifs is 1. The molecule has 3 rings (SSSR count). The van der Waals surface area contributed by atoms with Crippen molar-refractivity contribution in [3.63, 3.8) is 0 Å². The highest BCUT2D eigenvalue weighted by molar-refractivity contribution is 5.29. The number of hydrogen-bond donors (Lipinski definition) is 1. The van der Waals surface area contributed by atoms with Crippen LogP contribution in [-0.4, -0.2) is 35.8 Å². The molecule has 28 heavy (non-hydrogen) atoms. The topological polar surface area (TPSA) is 32.7 Å². The highest BCUT2D eigenvalue weighted by Crippen LogP contribution is 2.18. The van der Waals surface area contributed by atoms with Gasteiger partial charge in [-0.1, -0.05) is 74.7 Å². The van der Waals surface area contributed by atoms with Gasteiger partial charge in [-0.2, -0.15) is 0 Å². The number of aliphatic hydroxyl groups is 1. The third-order valence-corrected chi connectivity index (χ3v) is 5.57. The molecule has 0 aromatic heterocycles. The van der Waals surface area contributed by atoms with Crippen LogP contribution in [0.2, 0.25) is 0 Å². The van der Waals surface area contributed by atoms with E-state index in [9.17, 15) is 5.11 Å². The fraction of sp³-hybridized carbons (Fsp3) is 0.520. The average molecular weight is 382 g/mol. The molecule has 1 N–H and O–H groups in total. The van der Waals surface area contributed by atoms with Gasteiger partial charge < -0.3 is 9.84 Å².